The number of carbonyl (C=O) groups is 3. The van der Waals surface area contributed by atoms with E-state index in [2.05, 4.69) is 10.4 Å². The zero-order valence-corrected chi connectivity index (χ0v) is 18.5. The highest BCUT2D eigenvalue weighted by atomic mass is 16.5. The molecule has 1 fully saturated rings. The van der Waals surface area contributed by atoms with Gasteiger partial charge in [-0.3, -0.25) is 14.5 Å². The van der Waals surface area contributed by atoms with Gasteiger partial charge in [0, 0.05) is 6.42 Å². The summed E-state index contributed by atoms with van der Waals surface area (Å²) in [5.41, 5.74) is 2.32. The SMILES string of the molecule is COc1ccc(C2=NN(C(=O)CN3C(=O)CNC3=O)C(c3ccc(OC)c(OC)c3)C2)cc1. The molecule has 33 heavy (non-hydrogen) atoms. The highest BCUT2D eigenvalue weighted by molar-refractivity contribution is 6.06. The van der Waals surface area contributed by atoms with Gasteiger partial charge in [0.2, 0.25) is 0 Å². The van der Waals surface area contributed by atoms with E-state index in [9.17, 15) is 14.4 Å². The monoisotopic (exact) mass is 452 g/mol. The molecule has 1 N–H and O–H groups in total. The Bertz CT molecular complexity index is 1100. The van der Waals surface area contributed by atoms with Crippen LogP contribution in [0.5, 0.6) is 17.2 Å². The maximum absolute atomic E-state index is 13.2. The molecular weight excluding hydrogens is 428 g/mol. The molecule has 0 radical (unpaired) electrons. The zero-order valence-electron chi connectivity index (χ0n) is 18.5. The Balaban J connectivity index is 1.67. The Morgan fingerprint density at radius 2 is 1.76 bits per heavy atom. The van der Waals surface area contributed by atoms with E-state index < -0.39 is 30.4 Å². The molecule has 0 spiro atoms. The van der Waals surface area contributed by atoms with E-state index in [-0.39, 0.29) is 6.54 Å². The number of hydrazone groups is 1. The summed E-state index contributed by atoms with van der Waals surface area (Å²) in [7, 11) is 4.67. The number of carbonyl (C=O) groups excluding carboxylic acids is 3. The third-order valence-electron chi connectivity index (χ3n) is 5.61. The molecule has 0 bridgehead atoms. The first-order chi connectivity index (χ1) is 15.9. The van der Waals surface area contributed by atoms with Crippen LogP contribution in [0.3, 0.4) is 0 Å². The van der Waals surface area contributed by atoms with E-state index in [1.807, 2.05) is 30.3 Å². The van der Waals surface area contributed by atoms with E-state index in [4.69, 9.17) is 14.2 Å². The number of rotatable bonds is 7. The lowest BCUT2D eigenvalue weighted by molar-refractivity contribution is -0.137. The molecule has 1 atom stereocenters. The average molecular weight is 452 g/mol. The number of hydrogen-bond acceptors (Lipinski definition) is 7. The molecule has 2 heterocycles. The first-order valence-electron chi connectivity index (χ1n) is 10.3. The number of methoxy groups -OCH3 is 3. The van der Waals surface area contributed by atoms with Crippen molar-refractivity contribution in [2.45, 2.75) is 12.5 Å². The van der Waals surface area contributed by atoms with Gasteiger partial charge in [0.15, 0.2) is 11.5 Å². The van der Waals surface area contributed by atoms with Crippen molar-refractivity contribution in [3.05, 3.63) is 53.6 Å². The molecule has 172 valence electrons. The number of nitrogens with one attached hydrogen (secondary N) is 1. The smallest absolute Gasteiger partial charge is 0.325 e. The second-order valence-electron chi connectivity index (χ2n) is 7.49. The normalized spacial score (nSPS) is 17.7. The van der Waals surface area contributed by atoms with Gasteiger partial charge in [-0.25, -0.2) is 9.80 Å². The van der Waals surface area contributed by atoms with Crippen molar-refractivity contribution < 1.29 is 28.6 Å². The molecule has 1 saturated heterocycles. The van der Waals surface area contributed by atoms with Gasteiger partial charge in [0.1, 0.15) is 12.3 Å². The molecule has 2 aromatic carbocycles. The van der Waals surface area contributed by atoms with Crippen LogP contribution in [0.2, 0.25) is 0 Å². The fraction of sp³-hybridized carbons (Fsp3) is 0.304. The maximum Gasteiger partial charge on any atom is 0.325 e. The van der Waals surface area contributed by atoms with Crippen LogP contribution < -0.4 is 19.5 Å². The molecule has 10 heteroatoms. The molecule has 2 aliphatic rings. The third-order valence-corrected chi connectivity index (χ3v) is 5.61. The number of nitrogens with zero attached hydrogens (tertiary/aromatic N) is 3. The third kappa shape index (κ3) is 4.32. The first kappa shape index (κ1) is 22.1. The molecule has 0 saturated carbocycles. The predicted octanol–water partition coefficient (Wildman–Crippen LogP) is 1.94. The van der Waals surface area contributed by atoms with E-state index in [1.54, 1.807) is 26.4 Å². The van der Waals surface area contributed by atoms with Crippen molar-refractivity contribution in [3.8, 4) is 17.2 Å². The number of amides is 4. The Hall–Kier alpha value is -4.08. The predicted molar refractivity (Wildman–Crippen MR) is 118 cm³/mol. The van der Waals surface area contributed by atoms with E-state index in [0.29, 0.717) is 29.4 Å². The summed E-state index contributed by atoms with van der Waals surface area (Å²) in [6.45, 7) is -0.514. The van der Waals surface area contributed by atoms with E-state index in [0.717, 1.165) is 16.0 Å². The van der Waals surface area contributed by atoms with Crippen molar-refractivity contribution in [1.82, 2.24) is 15.2 Å². The standard InChI is InChI=1S/C23H24N4O6/c1-31-16-7-4-14(5-8-16)17-11-18(15-6-9-19(32-2)20(10-15)33-3)27(25-17)22(29)13-26-21(28)12-24-23(26)30/h4-10,18H,11-13H2,1-3H3,(H,24,30). The van der Waals surface area contributed by atoms with Gasteiger partial charge in [-0.1, -0.05) is 6.07 Å². The second-order valence-corrected chi connectivity index (χ2v) is 7.49. The van der Waals surface area contributed by atoms with E-state index >= 15 is 0 Å². The van der Waals surface area contributed by atoms with Gasteiger partial charge in [0.25, 0.3) is 11.8 Å². The summed E-state index contributed by atoms with van der Waals surface area (Å²) in [6, 6.07) is 11.7. The van der Waals surface area contributed by atoms with Crippen LogP contribution in [0.15, 0.2) is 47.6 Å². The number of benzene rings is 2. The molecular formula is C23H24N4O6. The van der Waals surface area contributed by atoms with Crippen molar-refractivity contribution >= 4 is 23.6 Å². The summed E-state index contributed by atoms with van der Waals surface area (Å²) < 4.78 is 16.0. The summed E-state index contributed by atoms with van der Waals surface area (Å²) in [4.78, 5) is 38.0. The van der Waals surface area contributed by atoms with Crippen LogP contribution in [0.1, 0.15) is 23.6 Å². The minimum absolute atomic E-state index is 0.119. The molecule has 4 rings (SSSR count). The van der Waals surface area contributed by atoms with Gasteiger partial charge in [-0.05, 0) is 47.5 Å². The fourth-order valence-electron chi connectivity index (χ4n) is 3.84. The molecule has 1 unspecified atom stereocenters. The van der Waals surface area contributed by atoms with Crippen LogP contribution in [-0.4, -0.2) is 67.9 Å². The summed E-state index contributed by atoms with van der Waals surface area (Å²) in [5.74, 6) is 0.876. The molecule has 10 nitrogen and oxygen atoms in total. The number of ether oxygens (including phenoxy) is 3. The maximum atomic E-state index is 13.2. The minimum Gasteiger partial charge on any atom is -0.497 e. The van der Waals surface area contributed by atoms with Gasteiger partial charge >= 0.3 is 6.03 Å². The van der Waals surface area contributed by atoms with Gasteiger partial charge < -0.3 is 19.5 Å². The largest absolute Gasteiger partial charge is 0.497 e. The van der Waals surface area contributed by atoms with Crippen molar-refractivity contribution in [2.75, 3.05) is 34.4 Å². The summed E-state index contributed by atoms with van der Waals surface area (Å²) in [6.07, 6.45) is 0.438. The lowest BCUT2D eigenvalue weighted by atomic mass is 9.98. The van der Waals surface area contributed by atoms with Crippen LogP contribution in [0.25, 0.3) is 0 Å². The van der Waals surface area contributed by atoms with Crippen molar-refractivity contribution in [1.29, 1.82) is 0 Å². The van der Waals surface area contributed by atoms with Crippen LogP contribution in [0.4, 0.5) is 4.79 Å². The van der Waals surface area contributed by atoms with Gasteiger partial charge in [0.05, 0.1) is 39.6 Å². The van der Waals surface area contributed by atoms with Crippen LogP contribution >= 0.6 is 0 Å². The number of imide groups is 1. The van der Waals surface area contributed by atoms with Crippen LogP contribution in [0, 0.1) is 0 Å². The quantitative estimate of drug-likeness (QED) is 0.643. The molecule has 2 aromatic rings. The lowest BCUT2D eigenvalue weighted by Gasteiger charge is -2.24. The Labute approximate surface area is 190 Å². The van der Waals surface area contributed by atoms with Crippen molar-refractivity contribution in [2.24, 2.45) is 5.10 Å². The molecule has 2 aliphatic heterocycles. The topological polar surface area (TPSA) is 110 Å². The minimum atomic E-state index is -0.588. The Morgan fingerprint density at radius 1 is 1.03 bits per heavy atom. The number of hydrogen-bond donors (Lipinski definition) is 1. The highest BCUT2D eigenvalue weighted by Gasteiger charge is 2.37. The average Bonchev–Trinajstić information content (AvgIpc) is 3.43. The highest BCUT2D eigenvalue weighted by Crippen LogP contribution is 2.37. The molecule has 0 aromatic heterocycles. The molecule has 4 amide bonds. The van der Waals surface area contributed by atoms with Crippen molar-refractivity contribution in [3.63, 3.8) is 0 Å². The zero-order chi connectivity index (χ0) is 23.5. The summed E-state index contributed by atoms with van der Waals surface area (Å²) >= 11 is 0. The Kier molecular flexibility index (Phi) is 6.16. The van der Waals surface area contributed by atoms with Gasteiger partial charge in [-0.15, -0.1) is 0 Å². The Morgan fingerprint density at radius 3 is 2.36 bits per heavy atom. The van der Waals surface area contributed by atoms with Gasteiger partial charge in [-0.2, -0.15) is 5.10 Å². The second kappa shape index (κ2) is 9.19. The first-order valence-corrected chi connectivity index (χ1v) is 10.3. The number of urea groups is 1. The van der Waals surface area contributed by atoms with E-state index in [1.165, 1.54) is 12.1 Å². The fourth-order valence-corrected chi connectivity index (χ4v) is 3.84. The lowest BCUT2D eigenvalue weighted by Crippen LogP contribution is -2.41. The molecule has 0 aliphatic carbocycles. The summed E-state index contributed by atoms with van der Waals surface area (Å²) in [5, 5.41) is 8.33. The van der Waals surface area contributed by atoms with Crippen LogP contribution in [-0.2, 0) is 9.59 Å².